The normalized spacial score (nSPS) is 15.2. The van der Waals surface area contributed by atoms with Gasteiger partial charge in [0.15, 0.2) is 0 Å². The standard InChI is InChI=1S/C35H43N7O4/c1-5-6-9-31(43)41-34-37-21-29(39-34)26-16-12-24(13-17-26)23-10-14-25(15-11-23)28-20-36-32(38-28)30-8-7-18-42(30)33(44)27(19-22(2)3)40-35(45)46-4/h10-17,20-22,27,30H,5-9,18-19H2,1-4H3,(H,36,38)(H,40,45)(H2,37,39,41,43)/t27-,30-/m0/s1. The number of aromatic nitrogens is 4. The molecule has 11 nitrogen and oxygen atoms in total. The van der Waals surface area contributed by atoms with Crippen LogP contribution in [0.3, 0.4) is 0 Å². The molecule has 11 heteroatoms. The molecule has 3 amide bonds. The molecule has 0 saturated carbocycles. The molecule has 0 aliphatic carbocycles. The molecular formula is C35H43N7O4. The van der Waals surface area contributed by atoms with Crippen molar-refractivity contribution in [2.24, 2.45) is 5.92 Å². The van der Waals surface area contributed by atoms with Crippen LogP contribution in [0.2, 0.25) is 0 Å². The third-order valence-electron chi connectivity index (χ3n) is 8.25. The molecule has 4 aromatic rings. The Bertz CT molecular complexity index is 1630. The zero-order chi connectivity index (χ0) is 32.6. The van der Waals surface area contributed by atoms with Crippen LogP contribution in [0.25, 0.3) is 33.6 Å². The number of methoxy groups -OCH3 is 1. The van der Waals surface area contributed by atoms with Crippen LogP contribution in [0.1, 0.15) is 71.2 Å². The van der Waals surface area contributed by atoms with Gasteiger partial charge in [-0.15, -0.1) is 0 Å². The number of rotatable bonds is 12. The Kier molecular flexibility index (Phi) is 10.5. The molecule has 3 heterocycles. The van der Waals surface area contributed by atoms with E-state index in [1.165, 1.54) is 7.11 Å². The number of likely N-dealkylation sites (tertiary alicyclic amines) is 1. The van der Waals surface area contributed by atoms with Gasteiger partial charge in [-0.05, 0) is 53.9 Å². The number of unbranched alkanes of at least 4 members (excludes halogenated alkanes) is 1. The Hall–Kier alpha value is -4.93. The molecule has 1 fully saturated rings. The van der Waals surface area contributed by atoms with Gasteiger partial charge in [0.2, 0.25) is 17.8 Å². The fourth-order valence-electron chi connectivity index (χ4n) is 5.81. The summed E-state index contributed by atoms with van der Waals surface area (Å²) in [7, 11) is 1.30. The van der Waals surface area contributed by atoms with Crippen molar-refractivity contribution in [3.05, 3.63) is 66.7 Å². The Morgan fingerprint density at radius 3 is 2.15 bits per heavy atom. The number of carbonyl (C=O) groups excluding carboxylic acids is 3. The van der Waals surface area contributed by atoms with E-state index < -0.39 is 12.1 Å². The first-order valence-corrected chi connectivity index (χ1v) is 16.0. The Morgan fingerprint density at radius 1 is 0.935 bits per heavy atom. The van der Waals surface area contributed by atoms with Gasteiger partial charge in [-0.3, -0.25) is 14.9 Å². The van der Waals surface area contributed by atoms with Crippen LogP contribution < -0.4 is 10.6 Å². The van der Waals surface area contributed by atoms with Crippen LogP contribution in [0.5, 0.6) is 0 Å². The Labute approximate surface area is 269 Å². The number of H-pyrrole nitrogens is 2. The number of alkyl carbamates (subject to hydrolysis) is 1. The average Bonchev–Trinajstić information content (AvgIpc) is 3.84. The van der Waals surface area contributed by atoms with Crippen molar-refractivity contribution < 1.29 is 19.1 Å². The Morgan fingerprint density at radius 2 is 1.54 bits per heavy atom. The number of amides is 3. The summed E-state index contributed by atoms with van der Waals surface area (Å²) in [5, 5.41) is 5.54. The van der Waals surface area contributed by atoms with Gasteiger partial charge in [0.1, 0.15) is 11.9 Å². The van der Waals surface area contributed by atoms with Crippen molar-refractivity contribution in [3.63, 3.8) is 0 Å². The molecule has 1 aliphatic heterocycles. The lowest BCUT2D eigenvalue weighted by molar-refractivity contribution is -0.134. The molecule has 2 atom stereocenters. The fourth-order valence-corrected chi connectivity index (χ4v) is 5.81. The second-order valence-electron chi connectivity index (χ2n) is 12.1. The van der Waals surface area contributed by atoms with E-state index in [0.717, 1.165) is 65.1 Å². The number of nitrogens with zero attached hydrogens (tertiary/aromatic N) is 3. The van der Waals surface area contributed by atoms with Gasteiger partial charge in [-0.1, -0.05) is 75.7 Å². The highest BCUT2D eigenvalue weighted by atomic mass is 16.5. The van der Waals surface area contributed by atoms with Crippen molar-refractivity contribution >= 4 is 23.9 Å². The van der Waals surface area contributed by atoms with E-state index in [4.69, 9.17) is 4.74 Å². The van der Waals surface area contributed by atoms with E-state index in [0.29, 0.717) is 25.3 Å². The predicted molar refractivity (Wildman–Crippen MR) is 178 cm³/mol. The highest BCUT2D eigenvalue weighted by molar-refractivity contribution is 5.89. The molecule has 2 aromatic carbocycles. The summed E-state index contributed by atoms with van der Waals surface area (Å²) in [6, 6.07) is 15.6. The molecule has 1 aliphatic rings. The molecule has 0 unspecified atom stereocenters. The van der Waals surface area contributed by atoms with Crippen molar-refractivity contribution in [1.29, 1.82) is 0 Å². The van der Waals surface area contributed by atoms with Crippen LogP contribution in [0.4, 0.5) is 10.7 Å². The fraction of sp³-hybridized carbons (Fsp3) is 0.400. The molecule has 46 heavy (non-hydrogen) atoms. The zero-order valence-electron chi connectivity index (χ0n) is 26.9. The van der Waals surface area contributed by atoms with Crippen molar-refractivity contribution in [1.82, 2.24) is 30.2 Å². The van der Waals surface area contributed by atoms with Gasteiger partial charge in [-0.25, -0.2) is 14.8 Å². The number of imidazole rings is 2. The molecule has 0 radical (unpaired) electrons. The molecule has 5 rings (SSSR count). The number of benzene rings is 2. The van der Waals surface area contributed by atoms with Crippen molar-refractivity contribution in [3.8, 4) is 33.6 Å². The first-order valence-electron chi connectivity index (χ1n) is 16.0. The van der Waals surface area contributed by atoms with Gasteiger partial charge < -0.3 is 24.9 Å². The largest absolute Gasteiger partial charge is 0.453 e. The highest BCUT2D eigenvalue weighted by Gasteiger charge is 2.36. The van der Waals surface area contributed by atoms with E-state index in [-0.39, 0.29) is 23.8 Å². The number of hydrogen-bond acceptors (Lipinski definition) is 6. The average molecular weight is 626 g/mol. The number of aromatic amines is 2. The van der Waals surface area contributed by atoms with E-state index in [1.807, 2.05) is 37.1 Å². The highest BCUT2D eigenvalue weighted by Crippen LogP contribution is 2.33. The lowest BCUT2D eigenvalue weighted by Crippen LogP contribution is -2.49. The summed E-state index contributed by atoms with van der Waals surface area (Å²) in [5.41, 5.74) is 5.82. The van der Waals surface area contributed by atoms with Gasteiger partial charge in [0.05, 0.1) is 36.9 Å². The second kappa shape index (κ2) is 14.9. The van der Waals surface area contributed by atoms with Crippen LogP contribution in [0.15, 0.2) is 60.9 Å². The van der Waals surface area contributed by atoms with Gasteiger partial charge >= 0.3 is 6.09 Å². The number of carbonyl (C=O) groups is 3. The molecular weight excluding hydrogens is 582 g/mol. The summed E-state index contributed by atoms with van der Waals surface area (Å²) >= 11 is 0. The summed E-state index contributed by atoms with van der Waals surface area (Å²) < 4.78 is 4.76. The van der Waals surface area contributed by atoms with Gasteiger partial charge in [0, 0.05) is 13.0 Å². The number of anilines is 1. The predicted octanol–water partition coefficient (Wildman–Crippen LogP) is 6.70. The van der Waals surface area contributed by atoms with Crippen LogP contribution in [-0.4, -0.2) is 62.4 Å². The number of hydrogen-bond donors (Lipinski definition) is 4. The summed E-state index contributed by atoms with van der Waals surface area (Å²) in [4.78, 5) is 54.9. The second-order valence-corrected chi connectivity index (χ2v) is 12.1. The molecule has 0 bridgehead atoms. The SMILES string of the molecule is CCCCC(=O)Nc1ncc(-c2ccc(-c3ccc(-c4cnc([C@@H]5CCCN5C(=O)[C@H](CC(C)C)NC(=O)OC)[nH]4)cc3)cc2)[nH]1. The van der Waals surface area contributed by atoms with Crippen LogP contribution >= 0.6 is 0 Å². The lowest BCUT2D eigenvalue weighted by Gasteiger charge is -2.29. The van der Waals surface area contributed by atoms with E-state index in [9.17, 15) is 14.4 Å². The number of ether oxygens (including phenoxy) is 1. The van der Waals surface area contributed by atoms with Crippen LogP contribution in [-0.2, 0) is 14.3 Å². The first kappa shape index (κ1) is 32.5. The molecule has 242 valence electrons. The maximum atomic E-state index is 13.5. The molecule has 2 aromatic heterocycles. The third kappa shape index (κ3) is 7.82. The quantitative estimate of drug-likeness (QED) is 0.138. The monoisotopic (exact) mass is 625 g/mol. The summed E-state index contributed by atoms with van der Waals surface area (Å²) in [6.07, 6.45) is 7.42. The van der Waals surface area contributed by atoms with E-state index in [2.05, 4.69) is 73.9 Å². The van der Waals surface area contributed by atoms with E-state index in [1.54, 1.807) is 6.20 Å². The third-order valence-corrected chi connectivity index (χ3v) is 8.25. The maximum Gasteiger partial charge on any atom is 0.407 e. The maximum absolute atomic E-state index is 13.5. The van der Waals surface area contributed by atoms with Crippen LogP contribution in [0, 0.1) is 5.92 Å². The van der Waals surface area contributed by atoms with Crippen molar-refractivity contribution in [2.45, 2.75) is 71.4 Å². The van der Waals surface area contributed by atoms with Crippen molar-refractivity contribution in [2.75, 3.05) is 19.0 Å². The number of nitrogens with one attached hydrogen (secondary N) is 4. The molecule has 1 saturated heterocycles. The summed E-state index contributed by atoms with van der Waals surface area (Å²) in [5.74, 6) is 1.27. The van der Waals surface area contributed by atoms with Gasteiger partial charge in [0.25, 0.3) is 0 Å². The molecule has 4 N–H and O–H groups in total. The lowest BCUT2D eigenvalue weighted by atomic mass is 10.0. The minimum atomic E-state index is -0.649. The van der Waals surface area contributed by atoms with Gasteiger partial charge in [-0.2, -0.15) is 0 Å². The molecule has 0 spiro atoms. The van der Waals surface area contributed by atoms with E-state index >= 15 is 0 Å². The topological polar surface area (TPSA) is 145 Å². The minimum absolute atomic E-state index is 0.0382. The minimum Gasteiger partial charge on any atom is -0.453 e. The zero-order valence-corrected chi connectivity index (χ0v) is 26.9. The summed E-state index contributed by atoms with van der Waals surface area (Å²) in [6.45, 7) is 6.71. The Balaban J connectivity index is 1.24. The first-order chi connectivity index (χ1) is 22.2. The smallest absolute Gasteiger partial charge is 0.407 e.